The van der Waals surface area contributed by atoms with Crippen LogP contribution < -0.4 is 21.1 Å². The summed E-state index contributed by atoms with van der Waals surface area (Å²) < 4.78 is 5.27. The van der Waals surface area contributed by atoms with Crippen molar-refractivity contribution in [1.82, 2.24) is 15.5 Å². The van der Waals surface area contributed by atoms with Crippen LogP contribution in [-0.4, -0.2) is 66.6 Å². The van der Waals surface area contributed by atoms with Crippen LogP contribution in [0, 0.1) is 0 Å². The third-order valence-electron chi connectivity index (χ3n) is 6.63. The maximum absolute atomic E-state index is 13.5. The number of carbonyl (C=O) groups is 3. The molecule has 3 amide bonds. The van der Waals surface area contributed by atoms with E-state index in [-0.39, 0.29) is 29.1 Å². The second-order valence-electron chi connectivity index (χ2n) is 9.92. The molecule has 10 heteroatoms. The molecule has 0 aliphatic carbocycles. The molecule has 5 N–H and O–H groups in total. The van der Waals surface area contributed by atoms with Gasteiger partial charge in [0.05, 0.1) is 19.3 Å². The molecule has 0 spiro atoms. The van der Waals surface area contributed by atoms with E-state index in [9.17, 15) is 19.5 Å². The number of nitrogens with zero attached hydrogens (tertiary/aromatic N) is 1. The van der Waals surface area contributed by atoms with Crippen LogP contribution in [0.5, 0.6) is 5.75 Å². The lowest BCUT2D eigenvalue weighted by Gasteiger charge is -2.25. The van der Waals surface area contributed by atoms with E-state index in [2.05, 4.69) is 10.6 Å². The van der Waals surface area contributed by atoms with Gasteiger partial charge in [-0.25, -0.2) is 0 Å². The van der Waals surface area contributed by atoms with Crippen molar-refractivity contribution in [3.63, 3.8) is 0 Å². The minimum atomic E-state index is -0.922. The van der Waals surface area contributed by atoms with E-state index in [0.29, 0.717) is 26.1 Å². The highest BCUT2D eigenvalue weighted by atomic mass is 32.1. The first-order chi connectivity index (χ1) is 19.7. The first-order valence-corrected chi connectivity index (χ1v) is 14.8. The molecule has 0 radical (unpaired) electrons. The Morgan fingerprint density at radius 2 is 1.71 bits per heavy atom. The van der Waals surface area contributed by atoms with Crippen LogP contribution in [0.1, 0.15) is 68.9 Å². The number of hydrogen-bond donors (Lipinski definition) is 4. The van der Waals surface area contributed by atoms with Crippen LogP contribution in [0.4, 0.5) is 0 Å². The number of carbonyl (C=O) groups excluding carboxylic acids is 3. The average molecular weight is 581 g/mol. The smallest absolute Gasteiger partial charge is 0.253 e. The second-order valence-corrected chi connectivity index (χ2v) is 10.7. The topological polar surface area (TPSA) is 134 Å². The number of thiophene rings is 1. The molecular formula is C31H40N4O5S. The summed E-state index contributed by atoms with van der Waals surface area (Å²) in [5.74, 6) is -0.756. The van der Waals surface area contributed by atoms with Gasteiger partial charge >= 0.3 is 0 Å². The maximum Gasteiger partial charge on any atom is 0.253 e. The van der Waals surface area contributed by atoms with Gasteiger partial charge in [-0.15, -0.1) is 0 Å². The number of primary amides is 1. The quantitative estimate of drug-likeness (QED) is 0.205. The third kappa shape index (κ3) is 9.41. The highest BCUT2D eigenvalue weighted by Gasteiger charge is 2.25. The second kappa shape index (κ2) is 15.9. The Morgan fingerprint density at radius 3 is 2.34 bits per heavy atom. The first-order valence-electron chi connectivity index (χ1n) is 13.8. The average Bonchev–Trinajstić information content (AvgIpc) is 3.49. The summed E-state index contributed by atoms with van der Waals surface area (Å²) in [5.41, 5.74) is 7.95. The predicted molar refractivity (Wildman–Crippen MR) is 161 cm³/mol. The van der Waals surface area contributed by atoms with E-state index < -0.39 is 24.0 Å². The van der Waals surface area contributed by atoms with E-state index in [1.165, 1.54) is 29.5 Å². The van der Waals surface area contributed by atoms with Crippen LogP contribution in [0.15, 0.2) is 59.3 Å². The Morgan fingerprint density at radius 1 is 1.00 bits per heavy atom. The van der Waals surface area contributed by atoms with Crippen molar-refractivity contribution >= 4 is 29.1 Å². The fourth-order valence-corrected chi connectivity index (χ4v) is 5.23. The van der Waals surface area contributed by atoms with Gasteiger partial charge < -0.3 is 31.1 Å². The summed E-state index contributed by atoms with van der Waals surface area (Å²) in [4.78, 5) is 40.6. The van der Waals surface area contributed by atoms with Crippen LogP contribution in [-0.2, 0) is 13.0 Å². The SMILES string of the molecule is CCCN(CCC)C(=O)c1cc(C(N)=O)cc(C(=O)NC(Cc2ccsc2)C(O)CNCc2cccc(OC)c2)c1. The minimum absolute atomic E-state index is 0.0730. The summed E-state index contributed by atoms with van der Waals surface area (Å²) in [5, 5.41) is 21.2. The molecule has 1 aromatic heterocycles. The van der Waals surface area contributed by atoms with Gasteiger partial charge in [0.2, 0.25) is 5.91 Å². The summed E-state index contributed by atoms with van der Waals surface area (Å²) in [6.07, 6.45) is 1.04. The van der Waals surface area contributed by atoms with Gasteiger partial charge in [0.1, 0.15) is 5.75 Å². The van der Waals surface area contributed by atoms with Crippen LogP contribution in [0.25, 0.3) is 0 Å². The molecule has 3 rings (SSSR count). The van der Waals surface area contributed by atoms with Gasteiger partial charge in [0, 0.05) is 42.9 Å². The van der Waals surface area contributed by atoms with E-state index >= 15 is 0 Å². The molecule has 2 atom stereocenters. The van der Waals surface area contributed by atoms with Gasteiger partial charge in [-0.05, 0) is 77.5 Å². The van der Waals surface area contributed by atoms with Gasteiger partial charge in [-0.3, -0.25) is 14.4 Å². The lowest BCUT2D eigenvalue weighted by atomic mass is 10.0. The molecule has 0 aliphatic rings. The highest BCUT2D eigenvalue weighted by molar-refractivity contribution is 7.07. The first kappa shape index (κ1) is 31.8. The molecule has 0 saturated carbocycles. The largest absolute Gasteiger partial charge is 0.497 e. The van der Waals surface area contributed by atoms with E-state index in [4.69, 9.17) is 10.5 Å². The van der Waals surface area contributed by atoms with Crippen LogP contribution >= 0.6 is 11.3 Å². The van der Waals surface area contributed by atoms with Crippen molar-refractivity contribution < 1.29 is 24.2 Å². The Bertz CT molecular complexity index is 1290. The molecule has 2 unspecified atom stereocenters. The highest BCUT2D eigenvalue weighted by Crippen LogP contribution is 2.17. The van der Waals surface area contributed by atoms with Crippen molar-refractivity contribution in [3.8, 4) is 5.75 Å². The molecule has 9 nitrogen and oxygen atoms in total. The molecular weight excluding hydrogens is 540 g/mol. The van der Waals surface area contributed by atoms with Crippen LogP contribution in [0.3, 0.4) is 0 Å². The number of hydrogen-bond acceptors (Lipinski definition) is 7. The molecule has 0 bridgehead atoms. The Labute approximate surface area is 245 Å². The summed E-state index contributed by atoms with van der Waals surface area (Å²) in [6, 6.07) is 13.2. The van der Waals surface area contributed by atoms with Crippen molar-refractivity contribution in [3.05, 3.63) is 87.1 Å². The minimum Gasteiger partial charge on any atom is -0.497 e. The summed E-state index contributed by atoms with van der Waals surface area (Å²) in [6.45, 7) is 5.82. The molecule has 41 heavy (non-hydrogen) atoms. The van der Waals surface area contributed by atoms with Gasteiger partial charge in [-0.1, -0.05) is 26.0 Å². The molecule has 0 fully saturated rings. The van der Waals surface area contributed by atoms with E-state index in [1.54, 1.807) is 12.0 Å². The number of benzene rings is 2. The molecule has 0 saturated heterocycles. The van der Waals surface area contributed by atoms with Crippen molar-refractivity contribution in [2.24, 2.45) is 5.73 Å². The zero-order chi connectivity index (χ0) is 29.8. The maximum atomic E-state index is 13.5. The summed E-state index contributed by atoms with van der Waals surface area (Å²) >= 11 is 1.53. The number of rotatable bonds is 16. The zero-order valence-electron chi connectivity index (χ0n) is 23.9. The monoisotopic (exact) mass is 580 g/mol. The number of nitrogens with two attached hydrogens (primary N) is 1. The lowest BCUT2D eigenvalue weighted by Crippen LogP contribution is -2.48. The fourth-order valence-electron chi connectivity index (χ4n) is 4.55. The van der Waals surface area contributed by atoms with E-state index in [0.717, 1.165) is 29.7 Å². The molecule has 1 heterocycles. The Hall–Kier alpha value is -3.73. The van der Waals surface area contributed by atoms with Crippen molar-refractivity contribution in [1.29, 1.82) is 0 Å². The van der Waals surface area contributed by atoms with Crippen molar-refractivity contribution in [2.45, 2.75) is 51.8 Å². The zero-order valence-corrected chi connectivity index (χ0v) is 24.7. The number of nitrogens with one attached hydrogen (secondary N) is 2. The van der Waals surface area contributed by atoms with Crippen LogP contribution in [0.2, 0.25) is 0 Å². The van der Waals surface area contributed by atoms with Crippen molar-refractivity contribution in [2.75, 3.05) is 26.7 Å². The number of ether oxygens (including phenoxy) is 1. The van der Waals surface area contributed by atoms with Gasteiger partial charge in [0.15, 0.2) is 0 Å². The summed E-state index contributed by atoms with van der Waals surface area (Å²) in [7, 11) is 1.61. The molecule has 2 aromatic carbocycles. The Kier molecular flexibility index (Phi) is 12.3. The lowest BCUT2D eigenvalue weighted by molar-refractivity contribution is 0.0755. The third-order valence-corrected chi connectivity index (χ3v) is 7.37. The van der Waals surface area contributed by atoms with Gasteiger partial charge in [-0.2, -0.15) is 11.3 Å². The predicted octanol–water partition coefficient (Wildman–Crippen LogP) is 3.61. The fraction of sp³-hybridized carbons (Fsp3) is 0.387. The standard InChI is InChI=1S/C31H40N4O5S/c1-4-10-35(11-5-2)31(39)25-16-23(29(32)37)15-24(17-25)30(38)34-27(14-22-9-12-41-20-22)28(36)19-33-18-21-7-6-8-26(13-21)40-3/h6-9,12-13,15-17,20,27-28,33,36H,4-5,10-11,14,18-19H2,1-3H3,(H2,32,37)(H,34,38). The number of methoxy groups -OCH3 is 1. The molecule has 220 valence electrons. The van der Waals surface area contributed by atoms with Gasteiger partial charge in [0.25, 0.3) is 11.8 Å². The van der Waals surface area contributed by atoms with E-state index in [1.807, 2.05) is 54.9 Å². The number of aliphatic hydroxyl groups excluding tert-OH is 1. The number of aliphatic hydroxyl groups is 1. The normalized spacial score (nSPS) is 12.4. The number of amides is 3. The Balaban J connectivity index is 1.79. The molecule has 0 aliphatic heterocycles. The molecule has 3 aromatic rings.